The molecule has 0 rings (SSSR count). The van der Waals surface area contributed by atoms with E-state index in [4.69, 9.17) is 11.5 Å². The topological polar surface area (TPSA) is 125 Å². The number of rotatable bonds is 7. The number of amides is 2. The minimum atomic E-state index is -1.05. The third kappa shape index (κ3) is 6.19. The van der Waals surface area contributed by atoms with Gasteiger partial charge in [-0.2, -0.15) is 0 Å². The molecule has 0 aromatic rings. The second kappa shape index (κ2) is 7.65. The predicted molar refractivity (Wildman–Crippen MR) is 65.2 cm³/mol. The van der Waals surface area contributed by atoms with Crippen molar-refractivity contribution in [2.24, 2.45) is 17.4 Å². The van der Waals surface area contributed by atoms with Gasteiger partial charge >= 0.3 is 5.97 Å². The molecule has 18 heavy (non-hydrogen) atoms. The van der Waals surface area contributed by atoms with Crippen molar-refractivity contribution in [3.8, 4) is 0 Å². The summed E-state index contributed by atoms with van der Waals surface area (Å²) in [4.78, 5) is 33.7. The number of primary amides is 1. The monoisotopic (exact) mass is 259 g/mol. The van der Waals surface area contributed by atoms with Gasteiger partial charge in [0.25, 0.3) is 0 Å². The molecule has 1 unspecified atom stereocenters. The summed E-state index contributed by atoms with van der Waals surface area (Å²) >= 11 is 0. The van der Waals surface area contributed by atoms with E-state index in [2.05, 4.69) is 10.1 Å². The fourth-order valence-electron chi connectivity index (χ4n) is 1.42. The normalized spacial score (nSPS) is 13.8. The summed E-state index contributed by atoms with van der Waals surface area (Å²) in [5.74, 6) is -1.61. The van der Waals surface area contributed by atoms with Crippen molar-refractivity contribution in [1.29, 1.82) is 0 Å². The number of hydrogen-bond donors (Lipinski definition) is 3. The Morgan fingerprint density at radius 1 is 1.28 bits per heavy atom. The highest BCUT2D eigenvalue weighted by Gasteiger charge is 2.25. The van der Waals surface area contributed by atoms with Gasteiger partial charge in [-0.25, -0.2) is 4.79 Å². The molecular formula is C11H21N3O4. The predicted octanol–water partition coefficient (Wildman–Crippen LogP) is -1.11. The van der Waals surface area contributed by atoms with Crippen LogP contribution in [0.2, 0.25) is 0 Å². The Kier molecular flexibility index (Phi) is 6.96. The molecule has 0 fully saturated rings. The minimum Gasteiger partial charge on any atom is -0.467 e. The maximum Gasteiger partial charge on any atom is 0.328 e. The smallest absolute Gasteiger partial charge is 0.328 e. The summed E-state index contributed by atoms with van der Waals surface area (Å²) in [5.41, 5.74) is 10.4. The molecule has 7 nitrogen and oxygen atoms in total. The van der Waals surface area contributed by atoms with Crippen molar-refractivity contribution in [3.05, 3.63) is 0 Å². The molecule has 0 aliphatic rings. The number of ether oxygens (including phenoxy) is 1. The molecule has 0 bridgehead atoms. The molecule has 0 saturated heterocycles. The van der Waals surface area contributed by atoms with Crippen LogP contribution in [-0.2, 0) is 19.1 Å². The maximum absolute atomic E-state index is 11.6. The summed E-state index contributed by atoms with van der Waals surface area (Å²) in [6.07, 6.45) is 0.170. The van der Waals surface area contributed by atoms with E-state index < -0.39 is 29.9 Å². The highest BCUT2D eigenvalue weighted by Crippen LogP contribution is 2.06. The Hall–Kier alpha value is -1.63. The van der Waals surface area contributed by atoms with Crippen LogP contribution in [0.25, 0.3) is 0 Å². The van der Waals surface area contributed by atoms with Crippen LogP contribution in [0, 0.1) is 5.92 Å². The highest BCUT2D eigenvalue weighted by molar-refractivity contribution is 5.90. The van der Waals surface area contributed by atoms with Crippen LogP contribution in [0.4, 0.5) is 0 Å². The van der Waals surface area contributed by atoms with Crippen LogP contribution in [0.1, 0.15) is 26.7 Å². The first-order chi connectivity index (χ1) is 8.27. The Balaban J connectivity index is 4.52. The SMILES string of the molecule is COC(=O)[C@H](CC(C)C)NC(=O)C(N)CC(N)=O. The van der Waals surface area contributed by atoms with Crippen molar-refractivity contribution in [3.63, 3.8) is 0 Å². The van der Waals surface area contributed by atoms with Crippen molar-refractivity contribution in [2.75, 3.05) is 7.11 Å². The average molecular weight is 259 g/mol. The fraction of sp³-hybridized carbons (Fsp3) is 0.727. The zero-order chi connectivity index (χ0) is 14.3. The Morgan fingerprint density at radius 2 is 1.83 bits per heavy atom. The lowest BCUT2D eigenvalue weighted by Gasteiger charge is -2.20. The molecule has 2 atom stereocenters. The molecule has 0 aliphatic carbocycles. The molecular weight excluding hydrogens is 238 g/mol. The molecule has 0 radical (unpaired) electrons. The Bertz CT molecular complexity index is 317. The van der Waals surface area contributed by atoms with Crippen LogP contribution in [0.5, 0.6) is 0 Å². The van der Waals surface area contributed by atoms with Crippen LogP contribution in [-0.4, -0.2) is 37.0 Å². The van der Waals surface area contributed by atoms with E-state index in [9.17, 15) is 14.4 Å². The summed E-state index contributed by atoms with van der Waals surface area (Å²) < 4.78 is 4.59. The number of hydrogen-bond acceptors (Lipinski definition) is 5. The van der Waals surface area contributed by atoms with Crippen molar-refractivity contribution in [1.82, 2.24) is 5.32 Å². The average Bonchev–Trinajstić information content (AvgIpc) is 2.25. The number of carbonyl (C=O) groups excluding carboxylic acids is 3. The third-order valence-corrected chi connectivity index (χ3v) is 2.27. The lowest BCUT2D eigenvalue weighted by atomic mass is 10.0. The van der Waals surface area contributed by atoms with Crippen LogP contribution in [0.15, 0.2) is 0 Å². The standard InChI is InChI=1S/C11H21N3O4/c1-6(2)4-8(11(17)18-3)14-10(16)7(12)5-9(13)15/h6-8H,4-5,12H2,1-3H3,(H2,13,15)(H,14,16)/t7?,8-/m0/s1. The van der Waals surface area contributed by atoms with Crippen molar-refractivity contribution >= 4 is 17.8 Å². The summed E-state index contributed by atoms with van der Waals surface area (Å²) in [7, 11) is 1.24. The van der Waals surface area contributed by atoms with Gasteiger partial charge in [-0.3, -0.25) is 9.59 Å². The number of nitrogens with two attached hydrogens (primary N) is 2. The Labute approximate surface area is 106 Å². The molecule has 104 valence electrons. The van der Waals surface area contributed by atoms with Gasteiger partial charge in [0.15, 0.2) is 0 Å². The van der Waals surface area contributed by atoms with Crippen LogP contribution >= 0.6 is 0 Å². The van der Waals surface area contributed by atoms with Crippen LogP contribution in [0.3, 0.4) is 0 Å². The first-order valence-electron chi connectivity index (χ1n) is 5.70. The van der Waals surface area contributed by atoms with Gasteiger partial charge in [-0.15, -0.1) is 0 Å². The molecule has 0 aliphatic heterocycles. The lowest BCUT2D eigenvalue weighted by molar-refractivity contribution is -0.145. The molecule has 5 N–H and O–H groups in total. The lowest BCUT2D eigenvalue weighted by Crippen LogP contribution is -2.50. The molecule has 7 heteroatoms. The zero-order valence-electron chi connectivity index (χ0n) is 10.9. The summed E-state index contributed by atoms with van der Waals surface area (Å²) in [6, 6.07) is -1.82. The Morgan fingerprint density at radius 3 is 2.22 bits per heavy atom. The van der Waals surface area contributed by atoms with E-state index in [1.54, 1.807) is 0 Å². The van der Waals surface area contributed by atoms with E-state index in [-0.39, 0.29) is 12.3 Å². The quantitative estimate of drug-likeness (QED) is 0.500. The van der Waals surface area contributed by atoms with Gasteiger partial charge in [0, 0.05) is 0 Å². The highest BCUT2D eigenvalue weighted by atomic mass is 16.5. The third-order valence-electron chi connectivity index (χ3n) is 2.27. The van der Waals surface area contributed by atoms with E-state index in [1.807, 2.05) is 13.8 Å². The van der Waals surface area contributed by atoms with Gasteiger partial charge < -0.3 is 21.5 Å². The fourth-order valence-corrected chi connectivity index (χ4v) is 1.42. The largest absolute Gasteiger partial charge is 0.467 e. The molecule has 0 saturated carbocycles. The first kappa shape index (κ1) is 16.4. The number of methoxy groups -OCH3 is 1. The summed E-state index contributed by atoms with van der Waals surface area (Å²) in [6.45, 7) is 3.82. The van der Waals surface area contributed by atoms with E-state index in [1.165, 1.54) is 7.11 Å². The molecule has 2 amide bonds. The van der Waals surface area contributed by atoms with Gasteiger partial charge in [0.2, 0.25) is 11.8 Å². The number of carbonyl (C=O) groups is 3. The maximum atomic E-state index is 11.6. The van der Waals surface area contributed by atoms with E-state index >= 15 is 0 Å². The van der Waals surface area contributed by atoms with Gasteiger partial charge in [0.05, 0.1) is 19.6 Å². The van der Waals surface area contributed by atoms with Gasteiger partial charge in [-0.1, -0.05) is 13.8 Å². The van der Waals surface area contributed by atoms with Crippen molar-refractivity contribution in [2.45, 2.75) is 38.8 Å². The van der Waals surface area contributed by atoms with Gasteiger partial charge in [0.1, 0.15) is 6.04 Å². The zero-order valence-corrected chi connectivity index (χ0v) is 10.9. The molecule has 0 aromatic carbocycles. The van der Waals surface area contributed by atoms with Crippen molar-refractivity contribution < 1.29 is 19.1 Å². The summed E-state index contributed by atoms with van der Waals surface area (Å²) in [5, 5.41) is 2.46. The van der Waals surface area contributed by atoms with E-state index in [0.717, 1.165) is 0 Å². The van der Waals surface area contributed by atoms with Gasteiger partial charge in [-0.05, 0) is 12.3 Å². The molecule has 0 heterocycles. The second-order valence-electron chi connectivity index (χ2n) is 4.49. The first-order valence-corrected chi connectivity index (χ1v) is 5.70. The number of esters is 1. The minimum absolute atomic E-state index is 0.196. The van der Waals surface area contributed by atoms with E-state index in [0.29, 0.717) is 6.42 Å². The molecule has 0 spiro atoms. The number of nitrogens with one attached hydrogen (secondary N) is 1. The second-order valence-corrected chi connectivity index (χ2v) is 4.49. The molecule has 0 aromatic heterocycles. The van der Waals surface area contributed by atoms with Crippen LogP contribution < -0.4 is 16.8 Å².